The molecule has 0 unspecified atom stereocenters. The third kappa shape index (κ3) is 3.35. The Labute approximate surface area is 124 Å². The van der Waals surface area contributed by atoms with Gasteiger partial charge in [0.15, 0.2) is 0 Å². The van der Waals surface area contributed by atoms with Crippen molar-refractivity contribution in [1.82, 2.24) is 0 Å². The van der Waals surface area contributed by atoms with Gasteiger partial charge in [0.25, 0.3) is 0 Å². The Hall–Kier alpha value is -1.03. The molecule has 110 valence electrons. The Morgan fingerprint density at radius 3 is 2.50 bits per heavy atom. The van der Waals surface area contributed by atoms with Crippen LogP contribution >= 0.6 is 0 Å². The van der Waals surface area contributed by atoms with Crippen molar-refractivity contribution < 1.29 is 4.21 Å². The normalized spacial score (nSPS) is 27.3. The fourth-order valence-electron chi connectivity index (χ4n) is 3.16. The van der Waals surface area contributed by atoms with E-state index in [9.17, 15) is 4.21 Å². The van der Waals surface area contributed by atoms with E-state index in [1.807, 2.05) is 0 Å². The molecule has 0 atom stereocenters. The molecule has 0 radical (unpaired) electrons. The minimum absolute atomic E-state index is 0.485. The summed E-state index contributed by atoms with van der Waals surface area (Å²) in [6, 6.07) is 9.14. The lowest BCUT2D eigenvalue weighted by Crippen LogP contribution is -2.32. The second kappa shape index (κ2) is 6.61. The van der Waals surface area contributed by atoms with Crippen molar-refractivity contribution in [2.45, 2.75) is 38.1 Å². The molecule has 2 aliphatic heterocycles. The van der Waals surface area contributed by atoms with Gasteiger partial charge >= 0.3 is 0 Å². The average molecular weight is 292 g/mol. The van der Waals surface area contributed by atoms with Crippen LogP contribution < -0.4 is 10.2 Å². The monoisotopic (exact) mass is 292 g/mol. The molecule has 4 heteroatoms. The molecule has 0 spiro atoms. The van der Waals surface area contributed by atoms with Gasteiger partial charge in [-0.25, -0.2) is 0 Å². The Morgan fingerprint density at radius 2 is 1.75 bits per heavy atom. The lowest BCUT2D eigenvalue weighted by Gasteiger charge is -2.32. The van der Waals surface area contributed by atoms with Gasteiger partial charge in [0, 0.05) is 41.4 Å². The van der Waals surface area contributed by atoms with Crippen LogP contribution in [0.2, 0.25) is 0 Å². The summed E-state index contributed by atoms with van der Waals surface area (Å²) in [6.45, 7) is 2.35. The summed E-state index contributed by atoms with van der Waals surface area (Å²) in [6.07, 6.45) is 6.02. The van der Waals surface area contributed by atoms with Crippen LogP contribution in [0.4, 0.5) is 11.4 Å². The first-order valence-corrected chi connectivity index (χ1v) is 9.27. The van der Waals surface area contributed by atoms with Gasteiger partial charge in [-0.1, -0.05) is 12.1 Å². The summed E-state index contributed by atoms with van der Waals surface area (Å²) in [5.41, 5.74) is 2.60. The maximum atomic E-state index is 11.5. The smallest absolute Gasteiger partial charge is 0.0602 e. The molecule has 20 heavy (non-hydrogen) atoms. The van der Waals surface area contributed by atoms with Gasteiger partial charge in [-0.15, -0.1) is 0 Å². The topological polar surface area (TPSA) is 32.3 Å². The van der Waals surface area contributed by atoms with Crippen molar-refractivity contribution in [2.75, 3.05) is 34.8 Å². The number of benzene rings is 1. The van der Waals surface area contributed by atoms with Crippen LogP contribution in [0.15, 0.2) is 24.3 Å². The molecule has 0 aliphatic carbocycles. The summed E-state index contributed by atoms with van der Waals surface area (Å²) < 4.78 is 11.5. The highest BCUT2D eigenvalue weighted by Gasteiger charge is 2.20. The molecule has 0 amide bonds. The number of nitrogens with zero attached hydrogens (tertiary/aromatic N) is 1. The summed E-state index contributed by atoms with van der Waals surface area (Å²) >= 11 is 0. The van der Waals surface area contributed by atoms with Crippen molar-refractivity contribution in [3.63, 3.8) is 0 Å². The Morgan fingerprint density at radius 1 is 1.05 bits per heavy atom. The number of rotatable bonds is 3. The molecular weight excluding hydrogens is 268 g/mol. The van der Waals surface area contributed by atoms with Gasteiger partial charge in [-0.05, 0) is 44.2 Å². The van der Waals surface area contributed by atoms with Crippen LogP contribution in [0.25, 0.3) is 0 Å². The van der Waals surface area contributed by atoms with E-state index in [-0.39, 0.29) is 0 Å². The molecule has 3 rings (SSSR count). The first kappa shape index (κ1) is 13.9. The van der Waals surface area contributed by atoms with Crippen molar-refractivity contribution in [3.05, 3.63) is 24.3 Å². The molecule has 3 nitrogen and oxygen atoms in total. The predicted octanol–water partition coefficient (Wildman–Crippen LogP) is 3.00. The van der Waals surface area contributed by atoms with E-state index in [2.05, 4.69) is 34.5 Å². The molecule has 1 aromatic carbocycles. The van der Waals surface area contributed by atoms with Crippen molar-refractivity contribution in [3.8, 4) is 0 Å². The van der Waals surface area contributed by atoms with E-state index in [1.54, 1.807) is 0 Å². The number of anilines is 2. The molecule has 0 bridgehead atoms. The molecule has 2 saturated heterocycles. The minimum Gasteiger partial charge on any atom is -0.381 e. The predicted molar refractivity (Wildman–Crippen MR) is 87.0 cm³/mol. The summed E-state index contributed by atoms with van der Waals surface area (Å²) in [5.74, 6) is 1.70. The van der Waals surface area contributed by atoms with E-state index in [0.29, 0.717) is 6.04 Å². The molecule has 1 aromatic rings. The van der Waals surface area contributed by atoms with Crippen molar-refractivity contribution in [2.24, 2.45) is 0 Å². The Balaban J connectivity index is 1.70. The van der Waals surface area contributed by atoms with Gasteiger partial charge in [0.05, 0.1) is 11.4 Å². The van der Waals surface area contributed by atoms with E-state index in [4.69, 9.17) is 0 Å². The number of nitrogens with one attached hydrogen (secondary N) is 1. The Bertz CT molecular complexity index is 461. The van der Waals surface area contributed by atoms with E-state index in [0.717, 1.165) is 24.3 Å². The van der Waals surface area contributed by atoms with Crippen LogP contribution in [0.1, 0.15) is 32.1 Å². The van der Waals surface area contributed by atoms with E-state index < -0.39 is 10.8 Å². The van der Waals surface area contributed by atoms with Gasteiger partial charge in [-0.2, -0.15) is 0 Å². The number of hydrogen-bond donors (Lipinski definition) is 1. The number of piperidine rings is 1. The largest absolute Gasteiger partial charge is 0.381 e. The van der Waals surface area contributed by atoms with Crippen molar-refractivity contribution >= 4 is 22.2 Å². The molecule has 0 saturated carbocycles. The second-order valence-electron chi connectivity index (χ2n) is 5.83. The van der Waals surface area contributed by atoms with E-state index in [1.165, 1.54) is 43.7 Å². The molecular formula is C16H24N2OS. The zero-order valence-corrected chi connectivity index (χ0v) is 12.8. The summed E-state index contributed by atoms with van der Waals surface area (Å²) in [7, 11) is -0.579. The summed E-state index contributed by atoms with van der Waals surface area (Å²) in [5, 5.41) is 3.69. The Kier molecular flexibility index (Phi) is 4.61. The van der Waals surface area contributed by atoms with Crippen LogP contribution in [0.5, 0.6) is 0 Å². The highest BCUT2D eigenvalue weighted by molar-refractivity contribution is 7.85. The number of hydrogen-bond acceptors (Lipinski definition) is 3. The van der Waals surface area contributed by atoms with Gasteiger partial charge in [0.2, 0.25) is 0 Å². The van der Waals surface area contributed by atoms with Gasteiger partial charge in [0.1, 0.15) is 0 Å². The lowest BCUT2D eigenvalue weighted by molar-refractivity contribution is 0.577. The zero-order valence-electron chi connectivity index (χ0n) is 12.0. The van der Waals surface area contributed by atoms with Crippen LogP contribution in [-0.2, 0) is 10.8 Å². The SMILES string of the molecule is O=S1CCC(Nc2ccccc2N2CCCCC2)CC1. The first-order valence-electron chi connectivity index (χ1n) is 7.78. The van der Waals surface area contributed by atoms with E-state index >= 15 is 0 Å². The summed E-state index contributed by atoms with van der Waals surface area (Å²) in [4.78, 5) is 2.51. The highest BCUT2D eigenvalue weighted by atomic mass is 32.2. The number of para-hydroxylation sites is 2. The maximum absolute atomic E-state index is 11.5. The van der Waals surface area contributed by atoms with Gasteiger partial charge in [-0.3, -0.25) is 4.21 Å². The van der Waals surface area contributed by atoms with Gasteiger partial charge < -0.3 is 10.2 Å². The van der Waals surface area contributed by atoms with Crippen LogP contribution in [-0.4, -0.2) is 34.8 Å². The molecule has 2 aliphatic rings. The maximum Gasteiger partial charge on any atom is 0.0602 e. The fraction of sp³-hybridized carbons (Fsp3) is 0.625. The van der Waals surface area contributed by atoms with Crippen LogP contribution in [0, 0.1) is 0 Å². The second-order valence-corrected chi connectivity index (χ2v) is 7.53. The third-order valence-corrected chi connectivity index (χ3v) is 5.73. The highest BCUT2D eigenvalue weighted by Crippen LogP contribution is 2.29. The first-order chi connectivity index (χ1) is 9.83. The standard InChI is InChI=1S/C16H24N2OS/c19-20-12-8-14(9-13-20)17-15-6-2-3-7-16(15)18-10-4-1-5-11-18/h2-3,6-7,14,17H,1,4-5,8-13H2. The van der Waals surface area contributed by atoms with Crippen LogP contribution in [0.3, 0.4) is 0 Å². The lowest BCUT2D eigenvalue weighted by atomic mass is 10.1. The average Bonchev–Trinajstić information content (AvgIpc) is 2.51. The minimum atomic E-state index is -0.579. The fourth-order valence-corrected chi connectivity index (χ4v) is 4.46. The molecule has 1 N–H and O–H groups in total. The quantitative estimate of drug-likeness (QED) is 0.929. The van der Waals surface area contributed by atoms with Crippen molar-refractivity contribution in [1.29, 1.82) is 0 Å². The zero-order chi connectivity index (χ0) is 13.8. The molecule has 0 aromatic heterocycles. The molecule has 2 heterocycles. The third-order valence-electron chi connectivity index (χ3n) is 4.35. The molecule has 2 fully saturated rings.